The summed E-state index contributed by atoms with van der Waals surface area (Å²) in [6, 6.07) is 10.1. The molecule has 21 heavy (non-hydrogen) atoms. The summed E-state index contributed by atoms with van der Waals surface area (Å²) in [5.41, 5.74) is 8.29. The van der Waals surface area contributed by atoms with Crippen LogP contribution in [0.25, 0.3) is 17.1 Å². The highest BCUT2D eigenvalue weighted by molar-refractivity contribution is 9.10. The number of nitrogens with zero attached hydrogens (tertiary/aromatic N) is 4. The van der Waals surface area contributed by atoms with Crippen LogP contribution >= 0.6 is 15.9 Å². The first-order chi connectivity index (χ1) is 10.1. The molecule has 0 atom stereocenters. The number of tetrazole rings is 1. The molecular formula is C14H11BrFN5. The fraction of sp³-hybridized carbons (Fsp3) is 0.0714. The summed E-state index contributed by atoms with van der Waals surface area (Å²) >= 11 is 3.43. The van der Waals surface area contributed by atoms with E-state index in [1.807, 2.05) is 6.92 Å². The maximum atomic E-state index is 14.1. The highest BCUT2D eigenvalue weighted by Gasteiger charge is 2.16. The van der Waals surface area contributed by atoms with E-state index in [9.17, 15) is 4.39 Å². The highest BCUT2D eigenvalue weighted by atomic mass is 79.9. The molecule has 3 rings (SSSR count). The minimum Gasteiger partial charge on any atom is -0.399 e. The molecule has 0 saturated heterocycles. The van der Waals surface area contributed by atoms with Crippen LogP contribution in [0.5, 0.6) is 0 Å². The maximum Gasteiger partial charge on any atom is 0.188 e. The van der Waals surface area contributed by atoms with Crippen molar-refractivity contribution in [1.82, 2.24) is 20.2 Å². The molecule has 0 bridgehead atoms. The van der Waals surface area contributed by atoms with Gasteiger partial charge in [-0.05, 0) is 53.2 Å². The molecule has 2 N–H and O–H groups in total. The lowest BCUT2D eigenvalue weighted by atomic mass is 10.1. The Labute approximate surface area is 128 Å². The standard InChI is InChI=1S/C14H11BrFN5/c1-8-2-5-12(16)13(6-8)21-14(18-19-20-21)10-7-9(17)3-4-11(10)15/h2-7H,17H2,1H3. The van der Waals surface area contributed by atoms with Crippen molar-refractivity contribution in [3.8, 4) is 17.1 Å². The van der Waals surface area contributed by atoms with Gasteiger partial charge in [-0.2, -0.15) is 4.68 Å². The first kappa shape index (κ1) is 13.7. The van der Waals surface area contributed by atoms with Gasteiger partial charge in [0.05, 0.1) is 0 Å². The Balaban J connectivity index is 2.22. The summed E-state index contributed by atoms with van der Waals surface area (Å²) in [5.74, 6) is 0.0212. The zero-order chi connectivity index (χ0) is 15.0. The summed E-state index contributed by atoms with van der Waals surface area (Å²) in [6.07, 6.45) is 0. The number of anilines is 1. The Bertz CT molecular complexity index is 749. The molecule has 106 valence electrons. The van der Waals surface area contributed by atoms with Crippen molar-refractivity contribution in [3.63, 3.8) is 0 Å². The first-order valence-corrected chi connectivity index (χ1v) is 6.96. The van der Waals surface area contributed by atoms with Crippen LogP contribution in [-0.4, -0.2) is 20.2 Å². The first-order valence-electron chi connectivity index (χ1n) is 6.16. The van der Waals surface area contributed by atoms with Crippen LogP contribution in [-0.2, 0) is 0 Å². The van der Waals surface area contributed by atoms with Crippen LogP contribution in [0, 0.1) is 12.7 Å². The van der Waals surface area contributed by atoms with E-state index in [4.69, 9.17) is 5.73 Å². The Hall–Kier alpha value is -2.28. The van der Waals surface area contributed by atoms with Crippen LogP contribution in [0.2, 0.25) is 0 Å². The topological polar surface area (TPSA) is 69.6 Å². The van der Waals surface area contributed by atoms with Gasteiger partial charge in [0, 0.05) is 15.7 Å². The van der Waals surface area contributed by atoms with Crippen molar-refractivity contribution >= 4 is 21.6 Å². The normalized spacial score (nSPS) is 10.8. The lowest BCUT2D eigenvalue weighted by Gasteiger charge is -2.08. The highest BCUT2D eigenvalue weighted by Crippen LogP contribution is 2.30. The number of halogens is 2. The molecule has 0 aliphatic carbocycles. The quantitative estimate of drug-likeness (QED) is 0.723. The smallest absolute Gasteiger partial charge is 0.188 e. The van der Waals surface area contributed by atoms with E-state index in [1.165, 1.54) is 10.7 Å². The van der Waals surface area contributed by atoms with Crippen LogP contribution in [0.15, 0.2) is 40.9 Å². The zero-order valence-electron chi connectivity index (χ0n) is 11.1. The van der Waals surface area contributed by atoms with Crippen molar-refractivity contribution in [2.45, 2.75) is 6.92 Å². The molecular weight excluding hydrogens is 337 g/mol. The Kier molecular flexibility index (Phi) is 3.42. The summed E-state index contributed by atoms with van der Waals surface area (Å²) in [7, 11) is 0. The SMILES string of the molecule is Cc1ccc(F)c(-n2nnnc2-c2cc(N)ccc2Br)c1. The van der Waals surface area contributed by atoms with Gasteiger partial charge in [-0.1, -0.05) is 22.0 Å². The largest absolute Gasteiger partial charge is 0.399 e. The van der Waals surface area contributed by atoms with E-state index in [1.54, 1.807) is 30.3 Å². The fourth-order valence-corrected chi connectivity index (χ4v) is 2.44. The van der Waals surface area contributed by atoms with Crippen molar-refractivity contribution in [2.24, 2.45) is 0 Å². The van der Waals surface area contributed by atoms with E-state index < -0.39 is 5.82 Å². The summed E-state index contributed by atoms with van der Waals surface area (Å²) < 4.78 is 16.2. The van der Waals surface area contributed by atoms with Gasteiger partial charge in [0.25, 0.3) is 0 Å². The van der Waals surface area contributed by atoms with Crippen molar-refractivity contribution in [3.05, 3.63) is 52.3 Å². The van der Waals surface area contributed by atoms with E-state index >= 15 is 0 Å². The average Bonchev–Trinajstić information content (AvgIpc) is 2.93. The third kappa shape index (κ3) is 2.52. The monoisotopic (exact) mass is 347 g/mol. The second-order valence-electron chi connectivity index (χ2n) is 4.61. The number of aryl methyl sites for hydroxylation is 1. The van der Waals surface area contributed by atoms with Crippen molar-refractivity contribution < 1.29 is 4.39 Å². The second-order valence-corrected chi connectivity index (χ2v) is 5.46. The molecule has 1 heterocycles. The van der Waals surface area contributed by atoms with Crippen molar-refractivity contribution in [1.29, 1.82) is 0 Å². The third-order valence-electron chi connectivity index (χ3n) is 3.03. The van der Waals surface area contributed by atoms with Gasteiger partial charge in [0.2, 0.25) is 0 Å². The molecule has 0 aliphatic heterocycles. The number of nitrogen functional groups attached to an aromatic ring is 1. The number of hydrogen-bond acceptors (Lipinski definition) is 4. The third-order valence-corrected chi connectivity index (χ3v) is 3.72. The molecule has 0 unspecified atom stereocenters. The molecule has 0 radical (unpaired) electrons. The minimum atomic E-state index is -0.394. The molecule has 1 aromatic heterocycles. The van der Waals surface area contributed by atoms with Gasteiger partial charge < -0.3 is 5.73 Å². The van der Waals surface area contributed by atoms with E-state index in [-0.39, 0.29) is 0 Å². The number of aromatic nitrogens is 4. The average molecular weight is 348 g/mol. The van der Waals surface area contributed by atoms with Crippen LogP contribution in [0.4, 0.5) is 10.1 Å². The van der Waals surface area contributed by atoms with Gasteiger partial charge in [-0.3, -0.25) is 0 Å². The van der Waals surface area contributed by atoms with E-state index in [0.717, 1.165) is 10.0 Å². The number of benzene rings is 2. The Morgan fingerprint density at radius 1 is 1.19 bits per heavy atom. The van der Waals surface area contributed by atoms with Gasteiger partial charge >= 0.3 is 0 Å². The van der Waals surface area contributed by atoms with E-state index in [0.29, 0.717) is 22.8 Å². The molecule has 0 spiro atoms. The number of nitrogens with two attached hydrogens (primary N) is 1. The van der Waals surface area contributed by atoms with E-state index in [2.05, 4.69) is 31.5 Å². The summed E-state index contributed by atoms with van der Waals surface area (Å²) in [4.78, 5) is 0. The summed E-state index contributed by atoms with van der Waals surface area (Å²) in [5, 5.41) is 11.5. The molecule has 7 heteroatoms. The van der Waals surface area contributed by atoms with Gasteiger partial charge in [-0.25, -0.2) is 4.39 Å². The number of rotatable bonds is 2. The molecule has 0 fully saturated rings. The van der Waals surface area contributed by atoms with Crippen LogP contribution < -0.4 is 5.73 Å². The van der Waals surface area contributed by atoms with Crippen LogP contribution in [0.3, 0.4) is 0 Å². The molecule has 2 aromatic carbocycles. The van der Waals surface area contributed by atoms with Crippen molar-refractivity contribution in [2.75, 3.05) is 5.73 Å². The molecule has 0 amide bonds. The number of hydrogen-bond donors (Lipinski definition) is 1. The predicted molar refractivity (Wildman–Crippen MR) is 81.4 cm³/mol. The molecule has 5 nitrogen and oxygen atoms in total. The Morgan fingerprint density at radius 3 is 2.81 bits per heavy atom. The molecule has 0 aliphatic rings. The predicted octanol–water partition coefficient (Wildman–Crippen LogP) is 3.12. The summed E-state index contributed by atoms with van der Waals surface area (Å²) in [6.45, 7) is 1.88. The van der Waals surface area contributed by atoms with Crippen LogP contribution in [0.1, 0.15) is 5.56 Å². The minimum absolute atomic E-state index is 0.296. The second kappa shape index (κ2) is 5.25. The van der Waals surface area contributed by atoms with Gasteiger partial charge in [-0.15, -0.1) is 5.10 Å². The van der Waals surface area contributed by atoms with Gasteiger partial charge in [0.1, 0.15) is 11.5 Å². The lowest BCUT2D eigenvalue weighted by molar-refractivity contribution is 0.607. The zero-order valence-corrected chi connectivity index (χ0v) is 12.7. The van der Waals surface area contributed by atoms with Gasteiger partial charge in [0.15, 0.2) is 5.82 Å². The molecule has 0 saturated carbocycles. The fourth-order valence-electron chi connectivity index (χ4n) is 2.02. The maximum absolute atomic E-state index is 14.1. The molecule has 3 aromatic rings. The lowest BCUT2D eigenvalue weighted by Crippen LogP contribution is -2.03. The Morgan fingerprint density at radius 2 is 2.00 bits per heavy atom.